The molecule has 3 heteroatoms. The summed E-state index contributed by atoms with van der Waals surface area (Å²) >= 11 is 0. The average Bonchev–Trinajstić information content (AvgIpc) is 3.11. The van der Waals surface area contributed by atoms with E-state index in [0.717, 1.165) is 36.0 Å². The Kier molecular flexibility index (Phi) is 2.57. The number of rotatable bonds is 3. The van der Waals surface area contributed by atoms with Crippen molar-refractivity contribution in [2.75, 3.05) is 6.61 Å². The highest BCUT2D eigenvalue weighted by atomic mass is 16.5. The van der Waals surface area contributed by atoms with Gasteiger partial charge in [-0.2, -0.15) is 0 Å². The number of fused-ring (bicyclic) bond motifs is 9. The zero-order valence-electron chi connectivity index (χ0n) is 11.4. The molecule has 0 amide bonds. The van der Waals surface area contributed by atoms with E-state index < -0.39 is 6.10 Å². The SMILES string of the molecule is CC(O)COC(=O)C1CC2CC1C1C3C=CC(C3)C21. The zero-order valence-corrected chi connectivity index (χ0v) is 11.4. The van der Waals surface area contributed by atoms with Crippen molar-refractivity contribution >= 4 is 5.97 Å². The summed E-state index contributed by atoms with van der Waals surface area (Å²) in [4.78, 5) is 12.2. The van der Waals surface area contributed by atoms with Gasteiger partial charge in [0.2, 0.25) is 0 Å². The second-order valence-electron chi connectivity index (χ2n) is 7.08. The first-order valence-electron chi connectivity index (χ1n) is 7.68. The highest BCUT2D eigenvalue weighted by Crippen LogP contribution is 2.67. The number of aliphatic hydroxyl groups excluding tert-OH is 1. The number of carbonyl (C=O) groups excluding carboxylic acids is 1. The number of hydrogen-bond acceptors (Lipinski definition) is 3. The van der Waals surface area contributed by atoms with Crippen LogP contribution in [0.25, 0.3) is 0 Å². The van der Waals surface area contributed by atoms with Crippen LogP contribution in [0.2, 0.25) is 0 Å². The molecule has 8 atom stereocenters. The van der Waals surface area contributed by atoms with Crippen LogP contribution in [-0.2, 0) is 9.53 Å². The highest BCUT2D eigenvalue weighted by Gasteiger charge is 2.62. The molecule has 4 aliphatic rings. The molecule has 19 heavy (non-hydrogen) atoms. The maximum atomic E-state index is 12.2. The van der Waals surface area contributed by atoms with Crippen LogP contribution in [0.5, 0.6) is 0 Å². The smallest absolute Gasteiger partial charge is 0.309 e. The standard InChI is InChI=1S/C16H22O3/c1-8(17)7-19-16(18)13-6-11-5-12(13)15-10-3-2-9(4-10)14(11)15/h2-3,8-15,17H,4-7H2,1H3. The predicted octanol–water partition coefficient (Wildman–Crippen LogP) is 2.00. The molecule has 4 bridgehead atoms. The van der Waals surface area contributed by atoms with Crippen LogP contribution < -0.4 is 0 Å². The third kappa shape index (κ3) is 1.63. The molecule has 1 N–H and O–H groups in total. The fraction of sp³-hybridized carbons (Fsp3) is 0.812. The van der Waals surface area contributed by atoms with Gasteiger partial charge in [0.25, 0.3) is 0 Å². The predicted molar refractivity (Wildman–Crippen MR) is 70.1 cm³/mol. The molecule has 4 rings (SSSR count). The Hall–Kier alpha value is -0.830. The second kappa shape index (κ2) is 4.08. The summed E-state index contributed by atoms with van der Waals surface area (Å²) in [5, 5.41) is 9.23. The first kappa shape index (κ1) is 12.0. The molecule has 3 nitrogen and oxygen atoms in total. The summed E-state index contributed by atoms with van der Waals surface area (Å²) in [5.74, 6) is 4.50. The lowest BCUT2D eigenvalue weighted by atomic mass is 9.69. The van der Waals surface area contributed by atoms with Crippen LogP contribution in [0.1, 0.15) is 26.2 Å². The van der Waals surface area contributed by atoms with Gasteiger partial charge < -0.3 is 9.84 Å². The molecule has 0 radical (unpaired) electrons. The Labute approximate surface area is 114 Å². The van der Waals surface area contributed by atoms with E-state index in [0.29, 0.717) is 5.92 Å². The minimum absolute atomic E-state index is 0.0568. The van der Waals surface area contributed by atoms with Gasteiger partial charge >= 0.3 is 5.97 Å². The summed E-state index contributed by atoms with van der Waals surface area (Å²) in [5.41, 5.74) is 0. The lowest BCUT2D eigenvalue weighted by Gasteiger charge is -2.35. The summed E-state index contributed by atoms with van der Waals surface area (Å²) in [6, 6.07) is 0. The molecule has 0 aromatic heterocycles. The minimum atomic E-state index is -0.555. The molecule has 0 saturated heterocycles. The van der Waals surface area contributed by atoms with Crippen LogP contribution in [-0.4, -0.2) is 23.8 Å². The maximum Gasteiger partial charge on any atom is 0.309 e. The molecule has 0 spiro atoms. The Balaban J connectivity index is 1.47. The topological polar surface area (TPSA) is 46.5 Å². The number of carbonyl (C=O) groups is 1. The van der Waals surface area contributed by atoms with Crippen molar-refractivity contribution in [1.29, 1.82) is 0 Å². The van der Waals surface area contributed by atoms with Crippen LogP contribution in [0.3, 0.4) is 0 Å². The number of esters is 1. The van der Waals surface area contributed by atoms with E-state index in [1.54, 1.807) is 6.92 Å². The highest BCUT2D eigenvalue weighted by molar-refractivity contribution is 5.73. The molecule has 0 aromatic rings. The average molecular weight is 262 g/mol. The van der Waals surface area contributed by atoms with Gasteiger partial charge in [-0.25, -0.2) is 0 Å². The Morgan fingerprint density at radius 1 is 1.26 bits per heavy atom. The number of ether oxygens (including phenoxy) is 1. The molecule has 8 unspecified atom stereocenters. The van der Waals surface area contributed by atoms with E-state index >= 15 is 0 Å². The van der Waals surface area contributed by atoms with Crippen LogP contribution in [0.4, 0.5) is 0 Å². The fourth-order valence-electron chi connectivity index (χ4n) is 5.60. The number of allylic oxidation sites excluding steroid dienone is 2. The van der Waals surface area contributed by atoms with Gasteiger partial charge in [0, 0.05) is 0 Å². The monoisotopic (exact) mass is 262 g/mol. The van der Waals surface area contributed by atoms with Crippen LogP contribution in [0, 0.1) is 41.4 Å². The summed E-state index contributed by atoms with van der Waals surface area (Å²) in [6.07, 6.45) is 7.86. The summed E-state index contributed by atoms with van der Waals surface area (Å²) < 4.78 is 5.26. The molecule has 0 aliphatic heterocycles. The number of aliphatic hydroxyl groups is 1. The Morgan fingerprint density at radius 2 is 2.00 bits per heavy atom. The van der Waals surface area contributed by atoms with E-state index in [2.05, 4.69) is 12.2 Å². The second-order valence-corrected chi connectivity index (χ2v) is 7.08. The Morgan fingerprint density at radius 3 is 2.74 bits per heavy atom. The molecule has 3 fully saturated rings. The molecule has 0 heterocycles. The quantitative estimate of drug-likeness (QED) is 0.481. The van der Waals surface area contributed by atoms with E-state index in [1.165, 1.54) is 12.8 Å². The van der Waals surface area contributed by atoms with E-state index in [-0.39, 0.29) is 18.5 Å². The van der Waals surface area contributed by atoms with Crippen molar-refractivity contribution < 1.29 is 14.6 Å². The van der Waals surface area contributed by atoms with E-state index in [1.807, 2.05) is 0 Å². The van der Waals surface area contributed by atoms with Gasteiger partial charge in [0.15, 0.2) is 0 Å². The summed E-state index contributed by atoms with van der Waals surface area (Å²) in [6.45, 7) is 1.80. The largest absolute Gasteiger partial charge is 0.463 e. The van der Waals surface area contributed by atoms with Crippen LogP contribution >= 0.6 is 0 Å². The first-order valence-corrected chi connectivity index (χ1v) is 7.68. The Bertz CT molecular complexity index is 428. The minimum Gasteiger partial charge on any atom is -0.463 e. The lowest BCUT2D eigenvalue weighted by Crippen LogP contribution is -2.35. The molecule has 104 valence electrons. The first-order chi connectivity index (χ1) is 9.15. The van der Waals surface area contributed by atoms with Gasteiger partial charge in [-0.05, 0) is 61.7 Å². The van der Waals surface area contributed by atoms with E-state index in [4.69, 9.17) is 4.74 Å². The van der Waals surface area contributed by atoms with E-state index in [9.17, 15) is 9.90 Å². The third-order valence-electron chi connectivity index (χ3n) is 6.04. The van der Waals surface area contributed by atoms with Gasteiger partial charge in [-0.3, -0.25) is 4.79 Å². The van der Waals surface area contributed by atoms with Gasteiger partial charge in [0.1, 0.15) is 6.61 Å². The van der Waals surface area contributed by atoms with Crippen molar-refractivity contribution in [3.8, 4) is 0 Å². The molecule has 0 aromatic carbocycles. The van der Waals surface area contributed by atoms with Crippen molar-refractivity contribution in [3.05, 3.63) is 12.2 Å². The molecule has 4 aliphatic carbocycles. The fourth-order valence-corrected chi connectivity index (χ4v) is 5.60. The lowest BCUT2D eigenvalue weighted by molar-refractivity contribution is -0.154. The summed E-state index contributed by atoms with van der Waals surface area (Å²) in [7, 11) is 0. The van der Waals surface area contributed by atoms with Gasteiger partial charge in [0.05, 0.1) is 12.0 Å². The molecular formula is C16H22O3. The van der Waals surface area contributed by atoms with Crippen LogP contribution in [0.15, 0.2) is 12.2 Å². The van der Waals surface area contributed by atoms with Gasteiger partial charge in [-0.1, -0.05) is 12.2 Å². The number of hydrogen-bond donors (Lipinski definition) is 1. The third-order valence-corrected chi connectivity index (χ3v) is 6.04. The van der Waals surface area contributed by atoms with Crippen molar-refractivity contribution in [3.63, 3.8) is 0 Å². The van der Waals surface area contributed by atoms with Gasteiger partial charge in [-0.15, -0.1) is 0 Å². The zero-order chi connectivity index (χ0) is 13.1. The maximum absolute atomic E-state index is 12.2. The molecule has 3 saturated carbocycles. The van der Waals surface area contributed by atoms with Crippen molar-refractivity contribution in [2.24, 2.45) is 41.4 Å². The molecular weight excluding hydrogens is 240 g/mol. The van der Waals surface area contributed by atoms with Crippen molar-refractivity contribution in [2.45, 2.75) is 32.3 Å². The normalized spacial score (nSPS) is 50.5. The van der Waals surface area contributed by atoms with Crippen molar-refractivity contribution in [1.82, 2.24) is 0 Å².